The average molecular weight is 284 g/mol. The SMILES string of the molecule is COCC1(CNCc2ccc(C)c3ncccc23)CCC1. The van der Waals surface area contributed by atoms with Gasteiger partial charge in [-0.1, -0.05) is 24.6 Å². The van der Waals surface area contributed by atoms with Crippen LogP contribution in [-0.4, -0.2) is 25.2 Å². The second-order valence-corrected chi connectivity index (χ2v) is 6.33. The van der Waals surface area contributed by atoms with Crippen LogP contribution >= 0.6 is 0 Å². The molecule has 0 unspecified atom stereocenters. The summed E-state index contributed by atoms with van der Waals surface area (Å²) in [6, 6.07) is 8.57. The number of hydrogen-bond donors (Lipinski definition) is 1. The molecule has 1 aliphatic carbocycles. The van der Waals surface area contributed by atoms with Gasteiger partial charge in [-0.25, -0.2) is 0 Å². The van der Waals surface area contributed by atoms with Crippen LogP contribution in [0.25, 0.3) is 10.9 Å². The zero-order valence-corrected chi connectivity index (χ0v) is 13.0. The van der Waals surface area contributed by atoms with Gasteiger partial charge in [0.05, 0.1) is 12.1 Å². The number of pyridine rings is 1. The van der Waals surface area contributed by atoms with E-state index in [1.807, 2.05) is 12.3 Å². The molecule has 1 aromatic carbocycles. The average Bonchev–Trinajstić information content (AvgIpc) is 2.47. The van der Waals surface area contributed by atoms with Gasteiger partial charge in [0.1, 0.15) is 0 Å². The highest BCUT2D eigenvalue weighted by Gasteiger charge is 2.36. The summed E-state index contributed by atoms with van der Waals surface area (Å²) in [5.41, 5.74) is 4.06. The van der Waals surface area contributed by atoms with Crippen LogP contribution in [0.4, 0.5) is 0 Å². The lowest BCUT2D eigenvalue weighted by Crippen LogP contribution is -2.43. The van der Waals surface area contributed by atoms with Crippen LogP contribution < -0.4 is 5.32 Å². The molecule has 0 radical (unpaired) electrons. The summed E-state index contributed by atoms with van der Waals surface area (Å²) >= 11 is 0. The Labute approximate surface area is 126 Å². The largest absolute Gasteiger partial charge is 0.384 e. The first-order chi connectivity index (χ1) is 10.2. The highest BCUT2D eigenvalue weighted by molar-refractivity contribution is 5.84. The number of ether oxygens (including phenoxy) is 1. The van der Waals surface area contributed by atoms with Gasteiger partial charge in [0.2, 0.25) is 0 Å². The molecule has 0 bridgehead atoms. The van der Waals surface area contributed by atoms with Gasteiger partial charge in [-0.15, -0.1) is 0 Å². The minimum atomic E-state index is 0.369. The predicted octanol–water partition coefficient (Wildman–Crippen LogP) is 3.45. The van der Waals surface area contributed by atoms with E-state index in [0.717, 1.165) is 25.2 Å². The van der Waals surface area contributed by atoms with E-state index in [2.05, 4.69) is 35.4 Å². The number of fused-ring (bicyclic) bond motifs is 1. The number of methoxy groups -OCH3 is 1. The topological polar surface area (TPSA) is 34.1 Å². The highest BCUT2D eigenvalue weighted by Crippen LogP contribution is 2.40. The minimum absolute atomic E-state index is 0.369. The van der Waals surface area contributed by atoms with Crippen molar-refractivity contribution in [3.8, 4) is 0 Å². The van der Waals surface area contributed by atoms with Crippen molar-refractivity contribution in [1.29, 1.82) is 0 Å². The van der Waals surface area contributed by atoms with Gasteiger partial charge in [-0.05, 0) is 37.0 Å². The smallest absolute Gasteiger partial charge is 0.0734 e. The monoisotopic (exact) mass is 284 g/mol. The summed E-state index contributed by atoms with van der Waals surface area (Å²) < 4.78 is 5.39. The molecule has 3 heteroatoms. The molecule has 0 spiro atoms. The van der Waals surface area contributed by atoms with Gasteiger partial charge < -0.3 is 10.1 Å². The first-order valence-electron chi connectivity index (χ1n) is 7.77. The molecule has 3 nitrogen and oxygen atoms in total. The second-order valence-electron chi connectivity index (χ2n) is 6.33. The Morgan fingerprint density at radius 1 is 1.29 bits per heavy atom. The first-order valence-corrected chi connectivity index (χ1v) is 7.77. The number of nitrogens with one attached hydrogen (secondary N) is 1. The predicted molar refractivity (Wildman–Crippen MR) is 86.3 cm³/mol. The van der Waals surface area contributed by atoms with Gasteiger partial charge in [-0.2, -0.15) is 0 Å². The quantitative estimate of drug-likeness (QED) is 0.882. The lowest BCUT2D eigenvalue weighted by molar-refractivity contribution is 0.0177. The van der Waals surface area contributed by atoms with Crippen molar-refractivity contribution < 1.29 is 4.74 Å². The standard InChI is InChI=1S/C18H24N2O/c1-14-6-7-15(16-5-3-10-20-17(14)16)11-19-12-18(13-21-2)8-4-9-18/h3,5-7,10,19H,4,8-9,11-13H2,1-2H3. The fraction of sp³-hybridized carbons (Fsp3) is 0.500. The number of benzene rings is 1. The van der Waals surface area contributed by atoms with Crippen LogP contribution in [0.1, 0.15) is 30.4 Å². The molecule has 0 saturated heterocycles. The van der Waals surface area contributed by atoms with Crippen molar-refractivity contribution in [1.82, 2.24) is 10.3 Å². The Kier molecular flexibility index (Phi) is 4.22. The highest BCUT2D eigenvalue weighted by atomic mass is 16.5. The second kappa shape index (κ2) is 6.12. The fourth-order valence-corrected chi connectivity index (χ4v) is 3.34. The molecule has 2 aromatic rings. The lowest BCUT2D eigenvalue weighted by atomic mass is 9.69. The molecule has 1 aromatic heterocycles. The Bertz CT molecular complexity index is 620. The summed E-state index contributed by atoms with van der Waals surface area (Å²) in [6.07, 6.45) is 5.77. The summed E-state index contributed by atoms with van der Waals surface area (Å²) in [4.78, 5) is 4.51. The van der Waals surface area contributed by atoms with Crippen molar-refractivity contribution in [2.24, 2.45) is 5.41 Å². The van der Waals surface area contributed by atoms with Gasteiger partial charge in [0, 0.05) is 37.2 Å². The number of aryl methyl sites for hydroxylation is 1. The molecule has 3 rings (SSSR count). The number of nitrogens with zero attached hydrogens (tertiary/aromatic N) is 1. The Morgan fingerprint density at radius 2 is 2.14 bits per heavy atom. The molecule has 0 amide bonds. The first kappa shape index (κ1) is 14.5. The maximum Gasteiger partial charge on any atom is 0.0734 e. The van der Waals surface area contributed by atoms with E-state index < -0.39 is 0 Å². The maximum absolute atomic E-state index is 5.39. The number of aromatic nitrogens is 1. The summed E-state index contributed by atoms with van der Waals surface area (Å²) in [5, 5.41) is 4.90. The van der Waals surface area contributed by atoms with E-state index in [9.17, 15) is 0 Å². The molecule has 112 valence electrons. The molecular weight excluding hydrogens is 260 g/mol. The molecule has 1 heterocycles. The van der Waals surface area contributed by atoms with Gasteiger partial charge in [-0.3, -0.25) is 4.98 Å². The zero-order valence-electron chi connectivity index (χ0n) is 13.0. The molecule has 21 heavy (non-hydrogen) atoms. The molecule has 1 N–H and O–H groups in total. The van der Waals surface area contributed by atoms with Crippen molar-refractivity contribution >= 4 is 10.9 Å². The lowest BCUT2D eigenvalue weighted by Gasteiger charge is -2.41. The van der Waals surface area contributed by atoms with Crippen LogP contribution in [0, 0.1) is 12.3 Å². The fourth-order valence-electron chi connectivity index (χ4n) is 3.34. The molecular formula is C18H24N2O. The van der Waals surface area contributed by atoms with Gasteiger partial charge in [0.25, 0.3) is 0 Å². The van der Waals surface area contributed by atoms with Crippen molar-refractivity contribution in [3.63, 3.8) is 0 Å². The molecule has 1 fully saturated rings. The summed E-state index contributed by atoms with van der Waals surface area (Å²) in [6.45, 7) is 4.93. The van der Waals surface area contributed by atoms with E-state index in [1.54, 1.807) is 7.11 Å². The van der Waals surface area contributed by atoms with Crippen molar-refractivity contribution in [3.05, 3.63) is 41.6 Å². The third-order valence-corrected chi connectivity index (χ3v) is 4.74. The third-order valence-electron chi connectivity index (χ3n) is 4.74. The van der Waals surface area contributed by atoms with Crippen LogP contribution in [0.5, 0.6) is 0 Å². The van der Waals surface area contributed by atoms with Gasteiger partial charge in [0.15, 0.2) is 0 Å². The summed E-state index contributed by atoms with van der Waals surface area (Å²) in [5.74, 6) is 0. The Balaban J connectivity index is 1.70. The summed E-state index contributed by atoms with van der Waals surface area (Å²) in [7, 11) is 1.80. The van der Waals surface area contributed by atoms with Gasteiger partial charge >= 0.3 is 0 Å². The Hall–Kier alpha value is -1.45. The molecule has 0 aliphatic heterocycles. The number of rotatable bonds is 6. The Morgan fingerprint density at radius 3 is 2.86 bits per heavy atom. The van der Waals surface area contributed by atoms with E-state index in [0.29, 0.717) is 5.41 Å². The van der Waals surface area contributed by atoms with Crippen LogP contribution in [0.2, 0.25) is 0 Å². The van der Waals surface area contributed by atoms with Crippen molar-refractivity contribution in [2.75, 3.05) is 20.3 Å². The van der Waals surface area contributed by atoms with E-state index in [-0.39, 0.29) is 0 Å². The minimum Gasteiger partial charge on any atom is -0.384 e. The van der Waals surface area contributed by atoms with E-state index in [4.69, 9.17) is 4.74 Å². The molecule has 1 saturated carbocycles. The van der Waals surface area contributed by atoms with E-state index >= 15 is 0 Å². The third kappa shape index (κ3) is 2.94. The van der Waals surface area contributed by atoms with E-state index in [1.165, 1.54) is 35.8 Å². The van der Waals surface area contributed by atoms with Crippen LogP contribution in [0.3, 0.4) is 0 Å². The molecule has 0 atom stereocenters. The van der Waals surface area contributed by atoms with Crippen molar-refractivity contribution in [2.45, 2.75) is 32.7 Å². The maximum atomic E-state index is 5.39. The zero-order chi connectivity index (χ0) is 14.7. The van der Waals surface area contributed by atoms with Crippen LogP contribution in [-0.2, 0) is 11.3 Å². The number of hydrogen-bond acceptors (Lipinski definition) is 3. The normalized spacial score (nSPS) is 16.9. The molecule has 1 aliphatic rings. The van der Waals surface area contributed by atoms with Crippen LogP contribution in [0.15, 0.2) is 30.5 Å².